The van der Waals surface area contributed by atoms with E-state index in [0.717, 1.165) is 11.1 Å². The summed E-state index contributed by atoms with van der Waals surface area (Å²) in [6, 6.07) is 15.7. The first-order valence-electron chi connectivity index (χ1n) is 7.24. The van der Waals surface area contributed by atoms with Crippen molar-refractivity contribution in [1.82, 2.24) is 9.88 Å². The Kier molecular flexibility index (Phi) is 3.42. The number of benzene rings is 1. The van der Waals surface area contributed by atoms with Gasteiger partial charge in [0.25, 0.3) is 5.91 Å². The summed E-state index contributed by atoms with van der Waals surface area (Å²) in [6.45, 7) is 2.04. The van der Waals surface area contributed by atoms with E-state index in [-0.39, 0.29) is 11.9 Å². The van der Waals surface area contributed by atoms with Crippen LogP contribution in [0.1, 0.15) is 41.0 Å². The van der Waals surface area contributed by atoms with Crippen LogP contribution in [0.15, 0.2) is 48.7 Å². The number of amides is 1. The van der Waals surface area contributed by atoms with Gasteiger partial charge in [-0.2, -0.15) is 5.26 Å². The Morgan fingerprint density at radius 2 is 2.00 bits per heavy atom. The standard InChI is InChI=1S/C18H17N3O/c1-18(10-11-19)14-9-6-12-20-15(14)17(22)21(2)16(18)13-7-4-3-5-8-13/h3-9,12,16H,10H2,1-2H3/t16-,18-/m1/s1. The molecule has 2 atom stereocenters. The molecule has 0 unspecified atom stereocenters. The first-order chi connectivity index (χ1) is 10.6. The summed E-state index contributed by atoms with van der Waals surface area (Å²) >= 11 is 0. The third-order valence-corrected chi connectivity index (χ3v) is 4.50. The van der Waals surface area contributed by atoms with Crippen molar-refractivity contribution in [3.05, 3.63) is 65.5 Å². The third-order valence-electron chi connectivity index (χ3n) is 4.50. The van der Waals surface area contributed by atoms with Gasteiger partial charge in [-0.1, -0.05) is 43.3 Å². The van der Waals surface area contributed by atoms with E-state index in [0.29, 0.717) is 12.1 Å². The number of carbonyl (C=O) groups is 1. The minimum Gasteiger partial charge on any atom is -0.332 e. The summed E-state index contributed by atoms with van der Waals surface area (Å²) < 4.78 is 0. The molecule has 1 aromatic carbocycles. The number of fused-ring (bicyclic) bond motifs is 1. The zero-order valence-electron chi connectivity index (χ0n) is 12.7. The zero-order chi connectivity index (χ0) is 15.7. The summed E-state index contributed by atoms with van der Waals surface area (Å²) in [5.41, 5.74) is 1.86. The maximum absolute atomic E-state index is 12.7. The molecule has 22 heavy (non-hydrogen) atoms. The highest BCUT2D eigenvalue weighted by molar-refractivity contribution is 5.96. The maximum Gasteiger partial charge on any atom is 0.273 e. The highest BCUT2D eigenvalue weighted by Gasteiger charge is 2.47. The fourth-order valence-corrected chi connectivity index (χ4v) is 3.48. The fourth-order valence-electron chi connectivity index (χ4n) is 3.48. The van der Waals surface area contributed by atoms with E-state index >= 15 is 0 Å². The van der Waals surface area contributed by atoms with Crippen LogP contribution in [0.3, 0.4) is 0 Å². The van der Waals surface area contributed by atoms with E-state index in [9.17, 15) is 10.1 Å². The molecule has 0 saturated carbocycles. The molecule has 0 radical (unpaired) electrons. The molecule has 0 bridgehead atoms. The number of hydrogen-bond donors (Lipinski definition) is 0. The van der Waals surface area contributed by atoms with E-state index in [2.05, 4.69) is 11.1 Å². The van der Waals surface area contributed by atoms with Gasteiger partial charge in [-0.3, -0.25) is 9.78 Å². The van der Waals surface area contributed by atoms with Crippen LogP contribution in [0.5, 0.6) is 0 Å². The molecule has 2 heterocycles. The number of hydrogen-bond acceptors (Lipinski definition) is 3. The molecule has 1 aromatic heterocycles. The molecular weight excluding hydrogens is 274 g/mol. The van der Waals surface area contributed by atoms with Gasteiger partial charge < -0.3 is 4.90 Å². The zero-order valence-corrected chi connectivity index (χ0v) is 12.7. The molecule has 0 saturated heterocycles. The topological polar surface area (TPSA) is 57.0 Å². The second-order valence-corrected chi connectivity index (χ2v) is 5.88. The van der Waals surface area contributed by atoms with Crippen LogP contribution >= 0.6 is 0 Å². The molecule has 1 amide bonds. The van der Waals surface area contributed by atoms with Gasteiger partial charge in [0, 0.05) is 25.1 Å². The molecular formula is C18H17N3O. The molecule has 0 aliphatic carbocycles. The quantitative estimate of drug-likeness (QED) is 0.854. The predicted molar refractivity (Wildman–Crippen MR) is 83.1 cm³/mol. The molecule has 110 valence electrons. The lowest BCUT2D eigenvalue weighted by Crippen LogP contribution is -2.49. The van der Waals surface area contributed by atoms with E-state index in [1.54, 1.807) is 18.1 Å². The smallest absolute Gasteiger partial charge is 0.273 e. The van der Waals surface area contributed by atoms with Crippen molar-refractivity contribution < 1.29 is 4.79 Å². The second kappa shape index (κ2) is 5.27. The molecule has 2 aromatic rings. The molecule has 1 aliphatic rings. The van der Waals surface area contributed by atoms with Crippen molar-refractivity contribution in [1.29, 1.82) is 5.26 Å². The molecule has 0 spiro atoms. The molecule has 0 fully saturated rings. The maximum atomic E-state index is 12.7. The lowest BCUT2D eigenvalue weighted by Gasteiger charge is -2.46. The summed E-state index contributed by atoms with van der Waals surface area (Å²) in [5.74, 6) is -0.0973. The Balaban J connectivity index is 2.25. The lowest BCUT2D eigenvalue weighted by atomic mass is 9.68. The average molecular weight is 291 g/mol. The minimum absolute atomic E-state index is 0.0973. The van der Waals surface area contributed by atoms with Gasteiger partial charge in [-0.15, -0.1) is 0 Å². The molecule has 3 rings (SSSR count). The van der Waals surface area contributed by atoms with Gasteiger partial charge in [0.2, 0.25) is 0 Å². The van der Waals surface area contributed by atoms with E-state index in [1.807, 2.05) is 49.4 Å². The third kappa shape index (κ3) is 1.98. The number of nitriles is 1. The Labute approximate surface area is 130 Å². The summed E-state index contributed by atoms with van der Waals surface area (Å²) in [4.78, 5) is 18.6. The number of carbonyl (C=O) groups excluding carboxylic acids is 1. The number of rotatable bonds is 2. The van der Waals surface area contributed by atoms with Crippen LogP contribution in [0.4, 0.5) is 0 Å². The van der Waals surface area contributed by atoms with Crippen LogP contribution in [-0.4, -0.2) is 22.8 Å². The van der Waals surface area contributed by atoms with E-state index < -0.39 is 5.41 Å². The van der Waals surface area contributed by atoms with Crippen LogP contribution in [0, 0.1) is 11.3 Å². The van der Waals surface area contributed by atoms with Crippen molar-refractivity contribution in [2.75, 3.05) is 7.05 Å². The minimum atomic E-state index is -0.484. The number of likely N-dealkylation sites (N-methyl/N-ethyl adjacent to an activating group) is 1. The number of pyridine rings is 1. The van der Waals surface area contributed by atoms with Crippen molar-refractivity contribution in [2.45, 2.75) is 24.8 Å². The van der Waals surface area contributed by atoms with Crippen molar-refractivity contribution >= 4 is 5.91 Å². The first kappa shape index (κ1) is 14.3. The van der Waals surface area contributed by atoms with Crippen LogP contribution in [0.2, 0.25) is 0 Å². The predicted octanol–water partition coefficient (Wildman–Crippen LogP) is 3.08. The largest absolute Gasteiger partial charge is 0.332 e. The molecule has 0 N–H and O–H groups in total. The first-order valence-corrected chi connectivity index (χ1v) is 7.24. The van der Waals surface area contributed by atoms with Gasteiger partial charge in [0.05, 0.1) is 12.1 Å². The average Bonchev–Trinajstić information content (AvgIpc) is 2.54. The van der Waals surface area contributed by atoms with Crippen LogP contribution in [0.25, 0.3) is 0 Å². The Morgan fingerprint density at radius 1 is 1.27 bits per heavy atom. The summed E-state index contributed by atoms with van der Waals surface area (Å²) in [6.07, 6.45) is 1.95. The fraction of sp³-hybridized carbons (Fsp3) is 0.278. The van der Waals surface area contributed by atoms with Gasteiger partial charge >= 0.3 is 0 Å². The van der Waals surface area contributed by atoms with Gasteiger partial charge in [-0.25, -0.2) is 0 Å². The highest BCUT2D eigenvalue weighted by atomic mass is 16.2. The summed E-state index contributed by atoms with van der Waals surface area (Å²) in [7, 11) is 1.78. The SMILES string of the molecule is CN1C(=O)c2ncccc2[C@@](C)(CC#N)[C@H]1c1ccccc1. The lowest BCUT2D eigenvalue weighted by molar-refractivity contribution is 0.0583. The van der Waals surface area contributed by atoms with Gasteiger partial charge in [0.15, 0.2) is 0 Å². The number of aromatic nitrogens is 1. The van der Waals surface area contributed by atoms with Gasteiger partial charge in [0.1, 0.15) is 5.69 Å². The number of nitrogens with zero attached hydrogens (tertiary/aromatic N) is 3. The summed E-state index contributed by atoms with van der Waals surface area (Å²) in [5, 5.41) is 9.35. The normalized spacial score (nSPS) is 23.8. The van der Waals surface area contributed by atoms with Crippen LogP contribution < -0.4 is 0 Å². The van der Waals surface area contributed by atoms with Crippen molar-refractivity contribution in [2.24, 2.45) is 0 Å². The van der Waals surface area contributed by atoms with Crippen molar-refractivity contribution in [3.63, 3.8) is 0 Å². The monoisotopic (exact) mass is 291 g/mol. The van der Waals surface area contributed by atoms with E-state index in [1.165, 1.54) is 0 Å². The van der Waals surface area contributed by atoms with Crippen LogP contribution in [-0.2, 0) is 5.41 Å². The molecule has 1 aliphatic heterocycles. The Hall–Kier alpha value is -2.67. The molecule has 4 heteroatoms. The Bertz CT molecular complexity index is 750. The highest BCUT2D eigenvalue weighted by Crippen LogP contribution is 2.47. The molecule has 4 nitrogen and oxygen atoms in total. The second-order valence-electron chi connectivity index (χ2n) is 5.88. The Morgan fingerprint density at radius 3 is 2.68 bits per heavy atom. The van der Waals surface area contributed by atoms with E-state index in [4.69, 9.17) is 0 Å². The van der Waals surface area contributed by atoms with Crippen molar-refractivity contribution in [3.8, 4) is 6.07 Å². The van der Waals surface area contributed by atoms with Gasteiger partial charge in [-0.05, 0) is 17.2 Å².